The fourth-order valence-electron chi connectivity index (χ4n) is 4.18. The molecule has 0 fully saturated rings. The molecule has 6 nitrogen and oxygen atoms in total. The predicted octanol–water partition coefficient (Wildman–Crippen LogP) is 5.32. The van der Waals surface area contributed by atoms with Gasteiger partial charge in [-0.25, -0.2) is 0 Å². The van der Waals surface area contributed by atoms with Gasteiger partial charge in [0.15, 0.2) is 11.5 Å². The average Bonchev–Trinajstić information content (AvgIpc) is 3.38. The molecule has 0 bridgehead atoms. The molecule has 6 heteroatoms. The maximum Gasteiger partial charge on any atom is 0.212 e. The van der Waals surface area contributed by atoms with Crippen LogP contribution in [0.2, 0.25) is 0 Å². The highest BCUT2D eigenvalue weighted by molar-refractivity contribution is 6.30. The van der Waals surface area contributed by atoms with Gasteiger partial charge in [-0.05, 0) is 30.3 Å². The minimum Gasteiger partial charge on any atom is -0.497 e. The number of aromatic nitrogens is 1. The Morgan fingerprint density at radius 2 is 1.61 bits per heavy atom. The molecule has 5 rings (SSSR count). The third kappa shape index (κ3) is 3.35. The number of H-pyrrole nitrogens is 1. The van der Waals surface area contributed by atoms with Crippen LogP contribution in [0.1, 0.15) is 22.8 Å². The van der Waals surface area contributed by atoms with Crippen molar-refractivity contribution in [3.8, 4) is 40.8 Å². The Kier molecular flexibility index (Phi) is 5.15. The molecule has 33 heavy (non-hydrogen) atoms. The van der Waals surface area contributed by atoms with Gasteiger partial charge in [0.25, 0.3) is 0 Å². The van der Waals surface area contributed by atoms with Gasteiger partial charge in [0, 0.05) is 33.2 Å². The van der Waals surface area contributed by atoms with E-state index in [9.17, 15) is 0 Å². The molecular formula is C27H22N2O4. The van der Waals surface area contributed by atoms with Crippen molar-refractivity contribution in [1.82, 2.24) is 4.98 Å². The fraction of sp³-hybridized carbons (Fsp3) is 0.148. The SMILES string of the molecule is C#CC(ON=C1c2cc(OC)c(OC)cc2-c2[nH]c3ccc(OC)cc3c21)c1ccccc1. The highest BCUT2D eigenvalue weighted by Gasteiger charge is 2.32. The molecule has 0 saturated heterocycles. The summed E-state index contributed by atoms with van der Waals surface area (Å²) in [6, 6.07) is 19.3. The minimum absolute atomic E-state index is 0.604. The highest BCUT2D eigenvalue weighted by Crippen LogP contribution is 2.46. The van der Waals surface area contributed by atoms with Crippen molar-refractivity contribution in [2.75, 3.05) is 21.3 Å². The zero-order valence-electron chi connectivity index (χ0n) is 18.5. The van der Waals surface area contributed by atoms with Crippen molar-refractivity contribution in [3.63, 3.8) is 0 Å². The van der Waals surface area contributed by atoms with Crippen LogP contribution >= 0.6 is 0 Å². The van der Waals surface area contributed by atoms with Crippen LogP contribution in [-0.2, 0) is 4.84 Å². The number of terminal acetylenes is 1. The molecule has 4 aromatic rings. The molecule has 1 heterocycles. The normalized spacial score (nSPS) is 13.8. The van der Waals surface area contributed by atoms with Crippen molar-refractivity contribution in [2.24, 2.45) is 5.16 Å². The smallest absolute Gasteiger partial charge is 0.212 e. The van der Waals surface area contributed by atoms with Gasteiger partial charge in [-0.3, -0.25) is 0 Å². The zero-order chi connectivity index (χ0) is 22.9. The monoisotopic (exact) mass is 438 g/mol. The first kappa shape index (κ1) is 20.5. The molecule has 0 saturated carbocycles. The molecule has 1 N–H and O–H groups in total. The Labute approximate surface area is 191 Å². The maximum absolute atomic E-state index is 5.91. The van der Waals surface area contributed by atoms with E-state index in [2.05, 4.69) is 16.1 Å². The Hall–Kier alpha value is -4.37. The lowest BCUT2D eigenvalue weighted by atomic mass is 10.1. The van der Waals surface area contributed by atoms with Crippen molar-refractivity contribution < 1.29 is 19.0 Å². The summed E-state index contributed by atoms with van der Waals surface area (Å²) >= 11 is 0. The molecule has 1 unspecified atom stereocenters. The highest BCUT2D eigenvalue weighted by atomic mass is 16.6. The van der Waals surface area contributed by atoms with E-state index in [0.717, 1.165) is 44.6 Å². The van der Waals surface area contributed by atoms with Crippen LogP contribution in [0.4, 0.5) is 0 Å². The van der Waals surface area contributed by atoms with Gasteiger partial charge in [-0.1, -0.05) is 41.4 Å². The lowest BCUT2D eigenvalue weighted by Crippen LogP contribution is -2.04. The van der Waals surface area contributed by atoms with Crippen LogP contribution in [-0.4, -0.2) is 32.0 Å². The largest absolute Gasteiger partial charge is 0.497 e. The Balaban J connectivity index is 1.70. The summed E-state index contributed by atoms with van der Waals surface area (Å²) in [5.41, 5.74) is 6.13. The maximum atomic E-state index is 5.91. The number of nitrogens with one attached hydrogen (secondary N) is 1. The molecule has 3 aromatic carbocycles. The van der Waals surface area contributed by atoms with Crippen molar-refractivity contribution >= 4 is 16.6 Å². The number of hydrogen-bond donors (Lipinski definition) is 1. The number of rotatable bonds is 6. The van der Waals surface area contributed by atoms with E-state index in [0.29, 0.717) is 17.2 Å². The summed E-state index contributed by atoms with van der Waals surface area (Å²) in [5.74, 6) is 4.66. The minimum atomic E-state index is -0.619. The second-order valence-electron chi connectivity index (χ2n) is 7.54. The van der Waals surface area contributed by atoms with Gasteiger partial charge in [-0.2, -0.15) is 0 Å². The van der Waals surface area contributed by atoms with Gasteiger partial charge in [-0.15, -0.1) is 6.42 Å². The van der Waals surface area contributed by atoms with Crippen LogP contribution in [0.25, 0.3) is 22.2 Å². The van der Waals surface area contributed by atoms with E-state index in [4.69, 9.17) is 25.5 Å². The first-order chi connectivity index (χ1) is 16.2. The first-order valence-electron chi connectivity index (χ1n) is 10.4. The number of ether oxygens (including phenoxy) is 3. The Morgan fingerprint density at radius 3 is 2.27 bits per heavy atom. The van der Waals surface area contributed by atoms with Gasteiger partial charge < -0.3 is 24.0 Å². The number of hydrogen-bond acceptors (Lipinski definition) is 5. The molecule has 1 atom stereocenters. The van der Waals surface area contributed by atoms with E-state index >= 15 is 0 Å². The third-order valence-electron chi connectivity index (χ3n) is 5.79. The molecule has 0 radical (unpaired) electrons. The topological polar surface area (TPSA) is 65.1 Å². The van der Waals surface area contributed by atoms with Crippen LogP contribution in [0.3, 0.4) is 0 Å². The Morgan fingerprint density at radius 1 is 0.879 bits per heavy atom. The molecular weight excluding hydrogens is 416 g/mol. The van der Waals surface area contributed by atoms with Crippen molar-refractivity contribution in [2.45, 2.75) is 6.10 Å². The first-order valence-corrected chi connectivity index (χ1v) is 10.4. The number of nitrogens with zero attached hydrogens (tertiary/aromatic N) is 1. The van der Waals surface area contributed by atoms with Gasteiger partial charge in [0.2, 0.25) is 6.10 Å². The lowest BCUT2D eigenvalue weighted by molar-refractivity contribution is 0.100. The zero-order valence-corrected chi connectivity index (χ0v) is 18.5. The summed E-state index contributed by atoms with van der Waals surface area (Å²) < 4.78 is 16.5. The summed E-state index contributed by atoms with van der Waals surface area (Å²) in [6.07, 6.45) is 5.15. The summed E-state index contributed by atoms with van der Waals surface area (Å²) in [6.45, 7) is 0. The average molecular weight is 438 g/mol. The quantitative estimate of drug-likeness (QED) is 0.288. The number of fused-ring (bicyclic) bond motifs is 5. The standard InChI is InChI=1S/C27H22N2O4/c1-5-22(16-9-7-6-8-10-16)33-29-27-19-15-24(32-4)23(31-3)14-18(19)26-25(27)20-13-17(30-2)11-12-21(20)28-26/h1,6-15,22,28H,2-4H3. The molecule has 0 amide bonds. The summed E-state index contributed by atoms with van der Waals surface area (Å²) in [5, 5.41) is 5.55. The molecule has 0 spiro atoms. The van der Waals surface area contributed by atoms with Crippen LogP contribution in [0.15, 0.2) is 65.8 Å². The second-order valence-corrected chi connectivity index (χ2v) is 7.54. The van der Waals surface area contributed by atoms with E-state index < -0.39 is 6.10 Å². The molecule has 1 aliphatic carbocycles. The van der Waals surface area contributed by atoms with E-state index in [1.54, 1.807) is 21.3 Å². The Bertz CT molecular complexity index is 1410. The van der Waals surface area contributed by atoms with Crippen molar-refractivity contribution in [1.29, 1.82) is 0 Å². The summed E-state index contributed by atoms with van der Waals surface area (Å²) in [7, 11) is 4.87. The van der Waals surface area contributed by atoms with Crippen LogP contribution in [0.5, 0.6) is 17.2 Å². The number of aromatic amines is 1. The number of benzene rings is 3. The fourth-order valence-corrected chi connectivity index (χ4v) is 4.18. The van der Waals surface area contributed by atoms with E-state index in [1.807, 2.05) is 60.7 Å². The third-order valence-corrected chi connectivity index (χ3v) is 5.79. The summed E-state index contributed by atoms with van der Waals surface area (Å²) in [4.78, 5) is 9.42. The van der Waals surface area contributed by atoms with E-state index in [-0.39, 0.29) is 0 Å². The number of oxime groups is 1. The molecule has 0 aliphatic heterocycles. The second kappa shape index (κ2) is 8.29. The van der Waals surface area contributed by atoms with Crippen LogP contribution < -0.4 is 14.2 Å². The molecule has 164 valence electrons. The number of methoxy groups -OCH3 is 3. The van der Waals surface area contributed by atoms with Crippen LogP contribution in [0, 0.1) is 12.3 Å². The van der Waals surface area contributed by atoms with E-state index in [1.165, 1.54) is 0 Å². The van der Waals surface area contributed by atoms with Gasteiger partial charge >= 0.3 is 0 Å². The lowest BCUT2D eigenvalue weighted by Gasteiger charge is -2.12. The molecule has 1 aromatic heterocycles. The predicted molar refractivity (Wildman–Crippen MR) is 128 cm³/mol. The van der Waals surface area contributed by atoms with Gasteiger partial charge in [0.05, 0.1) is 27.0 Å². The molecule has 1 aliphatic rings. The van der Waals surface area contributed by atoms with Gasteiger partial charge in [0.1, 0.15) is 11.5 Å². The van der Waals surface area contributed by atoms with Crippen molar-refractivity contribution in [3.05, 3.63) is 77.4 Å².